The maximum Gasteiger partial charge on any atom is 0.0465 e. The Kier molecular flexibility index (Phi) is 2.93. The van der Waals surface area contributed by atoms with Gasteiger partial charge >= 0.3 is 0 Å². The molecular weight excluding hydrogens is 152 g/mol. The van der Waals surface area contributed by atoms with Crippen molar-refractivity contribution in [2.75, 3.05) is 5.75 Å². The zero-order chi connectivity index (χ0) is 6.69. The molecule has 0 spiro atoms. The van der Waals surface area contributed by atoms with Crippen LogP contribution in [-0.2, 0) is 0 Å². The van der Waals surface area contributed by atoms with E-state index in [1.807, 2.05) is 17.8 Å². The predicted octanol–water partition coefficient (Wildman–Crippen LogP) is 2.68. The molecule has 2 unspecified atom stereocenters. The third-order valence-electron chi connectivity index (χ3n) is 1.53. The van der Waals surface area contributed by atoms with Gasteiger partial charge in [0.1, 0.15) is 0 Å². The molecule has 1 rings (SSSR count). The van der Waals surface area contributed by atoms with Crippen LogP contribution in [0.5, 0.6) is 0 Å². The van der Waals surface area contributed by atoms with Crippen molar-refractivity contribution in [2.24, 2.45) is 0 Å². The Bertz CT molecular complexity index is 103. The van der Waals surface area contributed by atoms with Gasteiger partial charge in [0.05, 0.1) is 0 Å². The van der Waals surface area contributed by atoms with Gasteiger partial charge in [-0.2, -0.15) is 11.8 Å². The quantitative estimate of drug-likeness (QED) is 0.445. The van der Waals surface area contributed by atoms with E-state index < -0.39 is 0 Å². The SMILES string of the molecule is C=CCC1SCCC1Cl. The van der Waals surface area contributed by atoms with Gasteiger partial charge in [0, 0.05) is 10.6 Å². The summed E-state index contributed by atoms with van der Waals surface area (Å²) in [6, 6.07) is 0. The first-order valence-corrected chi connectivity index (χ1v) is 4.69. The van der Waals surface area contributed by atoms with Crippen LogP contribution in [0.1, 0.15) is 12.8 Å². The Balaban J connectivity index is 2.30. The van der Waals surface area contributed by atoms with Gasteiger partial charge in [0.25, 0.3) is 0 Å². The Hall–Kier alpha value is 0.380. The summed E-state index contributed by atoms with van der Waals surface area (Å²) in [7, 11) is 0. The molecule has 2 atom stereocenters. The lowest BCUT2D eigenvalue weighted by Gasteiger charge is -2.07. The minimum Gasteiger partial charge on any atom is -0.157 e. The van der Waals surface area contributed by atoms with Gasteiger partial charge in [-0.05, 0) is 18.6 Å². The zero-order valence-corrected chi connectivity index (χ0v) is 6.92. The molecule has 0 N–H and O–H groups in total. The van der Waals surface area contributed by atoms with Crippen LogP contribution in [0.3, 0.4) is 0 Å². The van der Waals surface area contributed by atoms with Gasteiger partial charge in [-0.25, -0.2) is 0 Å². The Morgan fingerprint density at radius 1 is 1.78 bits per heavy atom. The average Bonchev–Trinajstić information content (AvgIpc) is 2.18. The number of allylic oxidation sites excluding steroid dienone is 1. The summed E-state index contributed by atoms with van der Waals surface area (Å²) < 4.78 is 0. The van der Waals surface area contributed by atoms with Gasteiger partial charge in [-0.1, -0.05) is 6.08 Å². The third-order valence-corrected chi connectivity index (χ3v) is 3.62. The van der Waals surface area contributed by atoms with Crippen molar-refractivity contribution in [1.82, 2.24) is 0 Å². The lowest BCUT2D eigenvalue weighted by molar-refractivity contribution is 0.801. The van der Waals surface area contributed by atoms with E-state index in [4.69, 9.17) is 11.6 Å². The second-order valence-corrected chi connectivity index (χ2v) is 4.15. The molecule has 1 fully saturated rings. The fourth-order valence-electron chi connectivity index (χ4n) is 1.00. The normalized spacial score (nSPS) is 34.8. The lowest BCUT2D eigenvalue weighted by atomic mass is 10.2. The number of alkyl halides is 1. The topological polar surface area (TPSA) is 0 Å². The molecule has 2 heteroatoms. The first kappa shape index (κ1) is 7.49. The minimum absolute atomic E-state index is 0.396. The van der Waals surface area contributed by atoms with E-state index in [1.54, 1.807) is 0 Å². The highest BCUT2D eigenvalue weighted by Gasteiger charge is 2.24. The standard InChI is InChI=1S/C7H11ClS/c1-2-3-7-6(8)4-5-9-7/h2,6-7H,1,3-5H2. The van der Waals surface area contributed by atoms with E-state index in [0.717, 1.165) is 6.42 Å². The number of thioether (sulfide) groups is 1. The first-order chi connectivity index (χ1) is 4.34. The smallest absolute Gasteiger partial charge is 0.0465 e. The van der Waals surface area contributed by atoms with Gasteiger partial charge in [0.15, 0.2) is 0 Å². The highest BCUT2D eigenvalue weighted by molar-refractivity contribution is 8.00. The van der Waals surface area contributed by atoms with Gasteiger partial charge in [-0.3, -0.25) is 0 Å². The molecule has 9 heavy (non-hydrogen) atoms. The fraction of sp³-hybridized carbons (Fsp3) is 0.714. The molecule has 52 valence electrons. The molecule has 0 radical (unpaired) electrons. The molecule has 0 aliphatic carbocycles. The molecule has 0 nitrogen and oxygen atoms in total. The van der Waals surface area contributed by atoms with E-state index in [0.29, 0.717) is 10.6 Å². The molecular formula is C7H11ClS. The summed E-state index contributed by atoms with van der Waals surface area (Å²) in [6.07, 6.45) is 4.20. The Morgan fingerprint density at radius 3 is 3.00 bits per heavy atom. The van der Waals surface area contributed by atoms with E-state index in [-0.39, 0.29) is 0 Å². The summed E-state index contributed by atoms with van der Waals surface area (Å²) in [6.45, 7) is 3.69. The number of rotatable bonds is 2. The van der Waals surface area contributed by atoms with Crippen LogP contribution in [0.25, 0.3) is 0 Å². The van der Waals surface area contributed by atoms with Crippen LogP contribution >= 0.6 is 23.4 Å². The molecule has 1 aliphatic heterocycles. The highest BCUT2D eigenvalue weighted by Crippen LogP contribution is 2.32. The monoisotopic (exact) mass is 162 g/mol. The maximum absolute atomic E-state index is 5.99. The van der Waals surface area contributed by atoms with E-state index in [9.17, 15) is 0 Å². The molecule has 1 heterocycles. The molecule has 0 aromatic carbocycles. The second-order valence-electron chi connectivity index (χ2n) is 2.24. The zero-order valence-electron chi connectivity index (χ0n) is 5.35. The summed E-state index contributed by atoms with van der Waals surface area (Å²) in [5.74, 6) is 1.23. The van der Waals surface area contributed by atoms with Crippen LogP contribution in [0.2, 0.25) is 0 Å². The van der Waals surface area contributed by atoms with E-state index in [1.165, 1.54) is 12.2 Å². The molecule has 0 saturated carbocycles. The summed E-state index contributed by atoms with van der Waals surface area (Å²) >= 11 is 7.96. The summed E-state index contributed by atoms with van der Waals surface area (Å²) in [4.78, 5) is 0. The molecule has 1 saturated heterocycles. The molecule has 0 bridgehead atoms. The molecule has 1 aliphatic rings. The first-order valence-electron chi connectivity index (χ1n) is 3.21. The summed E-state index contributed by atoms with van der Waals surface area (Å²) in [5, 5.41) is 1.04. The summed E-state index contributed by atoms with van der Waals surface area (Å²) in [5.41, 5.74) is 0. The van der Waals surface area contributed by atoms with Crippen molar-refractivity contribution in [3.05, 3.63) is 12.7 Å². The van der Waals surface area contributed by atoms with E-state index in [2.05, 4.69) is 6.58 Å². The predicted molar refractivity (Wildman–Crippen MR) is 45.3 cm³/mol. The largest absolute Gasteiger partial charge is 0.157 e. The maximum atomic E-state index is 5.99. The van der Waals surface area contributed by atoms with Gasteiger partial charge in [0.2, 0.25) is 0 Å². The third kappa shape index (κ3) is 1.91. The van der Waals surface area contributed by atoms with Crippen LogP contribution < -0.4 is 0 Å². The Labute approximate surface area is 65.7 Å². The van der Waals surface area contributed by atoms with Crippen molar-refractivity contribution in [1.29, 1.82) is 0 Å². The van der Waals surface area contributed by atoms with Crippen molar-refractivity contribution in [3.63, 3.8) is 0 Å². The van der Waals surface area contributed by atoms with Crippen molar-refractivity contribution >= 4 is 23.4 Å². The molecule has 0 aromatic heterocycles. The van der Waals surface area contributed by atoms with Crippen LogP contribution in [0.4, 0.5) is 0 Å². The lowest BCUT2D eigenvalue weighted by Crippen LogP contribution is -2.08. The van der Waals surface area contributed by atoms with Gasteiger partial charge in [-0.15, -0.1) is 18.2 Å². The fourth-order valence-corrected chi connectivity index (χ4v) is 2.87. The van der Waals surface area contributed by atoms with E-state index >= 15 is 0 Å². The minimum atomic E-state index is 0.396. The van der Waals surface area contributed by atoms with Crippen LogP contribution in [0.15, 0.2) is 12.7 Å². The van der Waals surface area contributed by atoms with Crippen molar-refractivity contribution in [2.45, 2.75) is 23.5 Å². The number of halogens is 1. The van der Waals surface area contributed by atoms with Crippen LogP contribution in [0, 0.1) is 0 Å². The van der Waals surface area contributed by atoms with Gasteiger partial charge < -0.3 is 0 Å². The Morgan fingerprint density at radius 2 is 2.56 bits per heavy atom. The second kappa shape index (κ2) is 3.52. The van der Waals surface area contributed by atoms with Crippen molar-refractivity contribution < 1.29 is 0 Å². The number of hydrogen-bond acceptors (Lipinski definition) is 1. The number of hydrogen-bond donors (Lipinski definition) is 0. The highest BCUT2D eigenvalue weighted by atomic mass is 35.5. The molecule has 0 amide bonds. The average molecular weight is 163 g/mol. The van der Waals surface area contributed by atoms with Crippen LogP contribution in [-0.4, -0.2) is 16.4 Å². The van der Waals surface area contributed by atoms with Crippen molar-refractivity contribution in [3.8, 4) is 0 Å². The molecule has 0 aromatic rings.